The Balaban J connectivity index is 1.29. The van der Waals surface area contributed by atoms with E-state index in [0.29, 0.717) is 33.6 Å². The predicted molar refractivity (Wildman–Crippen MR) is 138 cm³/mol. The third-order valence-electron chi connectivity index (χ3n) is 6.22. The Morgan fingerprint density at radius 3 is 2.62 bits per heavy atom. The van der Waals surface area contributed by atoms with Gasteiger partial charge >= 0.3 is 0 Å². The van der Waals surface area contributed by atoms with Crippen molar-refractivity contribution in [2.75, 3.05) is 19.6 Å². The Morgan fingerprint density at radius 1 is 1.09 bits per heavy atom. The van der Waals surface area contributed by atoms with Gasteiger partial charge in [-0.2, -0.15) is 0 Å². The maximum atomic E-state index is 13.0. The van der Waals surface area contributed by atoms with Crippen LogP contribution in [0, 0.1) is 0 Å². The lowest BCUT2D eigenvalue weighted by atomic mass is 10.0. The van der Waals surface area contributed by atoms with Gasteiger partial charge in [0.25, 0.3) is 11.7 Å². The Morgan fingerprint density at radius 2 is 1.88 bits per heavy atom. The molecule has 2 aliphatic rings. The van der Waals surface area contributed by atoms with E-state index in [4.69, 9.17) is 27.9 Å². The minimum atomic E-state index is -0.582. The molecule has 1 aliphatic heterocycles. The molecule has 2 fully saturated rings. The van der Waals surface area contributed by atoms with E-state index in [-0.39, 0.29) is 12.1 Å². The summed E-state index contributed by atoms with van der Waals surface area (Å²) in [5.74, 6) is -0.398. The fourth-order valence-corrected chi connectivity index (χ4v) is 5.75. The second-order valence-electron chi connectivity index (χ2n) is 9.09. The number of rotatable bonds is 9. The highest BCUT2D eigenvalue weighted by Crippen LogP contribution is 2.33. The van der Waals surface area contributed by atoms with Gasteiger partial charge in [0.15, 0.2) is 0 Å². The van der Waals surface area contributed by atoms with E-state index in [9.17, 15) is 9.59 Å². The highest BCUT2D eigenvalue weighted by atomic mass is 35.5. The molecule has 1 saturated carbocycles. The summed E-state index contributed by atoms with van der Waals surface area (Å²) in [5.41, 5.74) is 1.00. The monoisotopic (exact) mass is 516 g/mol. The number of nitrogens with one attached hydrogen (secondary N) is 1. The van der Waals surface area contributed by atoms with Crippen LogP contribution in [0.3, 0.4) is 0 Å². The van der Waals surface area contributed by atoms with Crippen molar-refractivity contribution in [3.63, 3.8) is 0 Å². The second kappa shape index (κ2) is 10.2. The number of nitrogens with zero attached hydrogens (tertiary/aromatic N) is 1. The van der Waals surface area contributed by atoms with Gasteiger partial charge in [0.05, 0.1) is 16.0 Å². The lowest BCUT2D eigenvalue weighted by Crippen LogP contribution is -2.46. The number of thiophene rings is 1. The molecule has 0 spiro atoms. The van der Waals surface area contributed by atoms with Gasteiger partial charge in [-0.1, -0.05) is 29.3 Å². The van der Waals surface area contributed by atoms with Crippen molar-refractivity contribution < 1.29 is 14.3 Å². The van der Waals surface area contributed by atoms with E-state index < -0.39 is 11.7 Å². The maximum Gasteiger partial charge on any atom is 0.293 e. The number of Topliss-reactive ketones (excluding diaryl/α,β-unsaturated/α-hetero) is 1. The van der Waals surface area contributed by atoms with Gasteiger partial charge in [-0.15, -0.1) is 11.3 Å². The van der Waals surface area contributed by atoms with Crippen LogP contribution in [0.2, 0.25) is 10.0 Å². The van der Waals surface area contributed by atoms with Crippen molar-refractivity contribution in [3.8, 4) is 5.75 Å². The van der Waals surface area contributed by atoms with Gasteiger partial charge in [-0.05, 0) is 92.5 Å². The van der Waals surface area contributed by atoms with Crippen molar-refractivity contribution in [1.29, 1.82) is 0 Å². The maximum absolute atomic E-state index is 13.0. The largest absolute Gasteiger partial charge is 0.489 e. The number of ketones is 1. The lowest BCUT2D eigenvalue weighted by Gasteiger charge is -2.24. The molecule has 2 aromatic carbocycles. The summed E-state index contributed by atoms with van der Waals surface area (Å²) in [7, 11) is 0. The average molecular weight is 517 g/mol. The number of ether oxygens (including phenoxy) is 1. The van der Waals surface area contributed by atoms with Gasteiger partial charge < -0.3 is 15.0 Å². The number of hydrogen-bond donors (Lipinski definition) is 1. The molecule has 5 nitrogen and oxygen atoms in total. The zero-order valence-corrected chi connectivity index (χ0v) is 21.0. The highest BCUT2D eigenvalue weighted by Gasteiger charge is 2.26. The van der Waals surface area contributed by atoms with Crippen molar-refractivity contribution in [2.24, 2.45) is 0 Å². The summed E-state index contributed by atoms with van der Waals surface area (Å²) in [4.78, 5) is 28.7. The molecule has 3 aromatic rings. The molecule has 8 heteroatoms. The highest BCUT2D eigenvalue weighted by molar-refractivity contribution is 7.21. The molecule has 1 unspecified atom stereocenters. The standard InChI is InChI=1S/C26H26Cl2N2O3S/c27-18-4-8-23-17(13-18)14-24(34-23)25(31)26(32)29-19(15-30-9-1-2-10-30)11-16-3-7-22(21(28)12-16)33-20-5-6-20/h3-4,7-8,12-14,19-20H,1-2,5-6,9-11,15H2,(H,29,32). The molecule has 1 N–H and O–H groups in total. The molecule has 1 aliphatic carbocycles. The van der Waals surface area contributed by atoms with E-state index in [0.717, 1.165) is 54.4 Å². The van der Waals surface area contributed by atoms with Crippen LogP contribution in [0.5, 0.6) is 5.75 Å². The van der Waals surface area contributed by atoms with Crippen LogP contribution in [0.1, 0.15) is 40.9 Å². The van der Waals surface area contributed by atoms with E-state index in [1.807, 2.05) is 24.3 Å². The van der Waals surface area contributed by atoms with Gasteiger partial charge in [0.1, 0.15) is 5.75 Å². The number of carbonyl (C=O) groups excluding carboxylic acids is 2. The first-order chi connectivity index (χ1) is 16.4. The average Bonchev–Trinajstić information content (AvgIpc) is 3.29. The summed E-state index contributed by atoms with van der Waals surface area (Å²) in [6, 6.07) is 12.8. The van der Waals surface area contributed by atoms with Gasteiger partial charge in [0.2, 0.25) is 0 Å². The number of likely N-dealkylation sites (tertiary alicyclic amines) is 1. The van der Waals surface area contributed by atoms with Crippen LogP contribution >= 0.6 is 34.5 Å². The van der Waals surface area contributed by atoms with Crippen molar-refractivity contribution >= 4 is 56.3 Å². The fraction of sp³-hybridized carbons (Fsp3) is 0.385. The molecular weight excluding hydrogens is 491 g/mol. The zero-order valence-electron chi connectivity index (χ0n) is 18.7. The summed E-state index contributed by atoms with van der Waals surface area (Å²) < 4.78 is 6.77. The van der Waals surface area contributed by atoms with Crippen LogP contribution in [0.25, 0.3) is 10.1 Å². The quantitative estimate of drug-likeness (QED) is 0.290. The lowest BCUT2D eigenvalue weighted by molar-refractivity contribution is -0.117. The molecule has 0 bridgehead atoms. The first-order valence-electron chi connectivity index (χ1n) is 11.7. The summed E-state index contributed by atoms with van der Waals surface area (Å²) in [5, 5.41) is 5.05. The van der Waals surface area contributed by atoms with Crippen LogP contribution in [0.15, 0.2) is 42.5 Å². The molecule has 1 amide bonds. The van der Waals surface area contributed by atoms with E-state index in [2.05, 4.69) is 10.2 Å². The molecule has 1 aromatic heterocycles. The van der Waals surface area contributed by atoms with Crippen molar-refractivity contribution in [2.45, 2.75) is 44.2 Å². The smallest absolute Gasteiger partial charge is 0.293 e. The molecule has 1 saturated heterocycles. The van der Waals surface area contributed by atoms with E-state index in [1.165, 1.54) is 11.3 Å². The number of hydrogen-bond acceptors (Lipinski definition) is 5. The van der Waals surface area contributed by atoms with Gasteiger partial charge in [0, 0.05) is 22.3 Å². The third-order valence-corrected chi connectivity index (χ3v) is 7.86. The third kappa shape index (κ3) is 5.74. The van der Waals surface area contributed by atoms with Gasteiger partial charge in [-0.25, -0.2) is 0 Å². The first kappa shape index (κ1) is 23.6. The fourth-order valence-electron chi connectivity index (χ4n) is 4.34. The Labute approximate surface area is 213 Å². The van der Waals surface area contributed by atoms with Gasteiger partial charge in [-0.3, -0.25) is 9.59 Å². The van der Waals surface area contributed by atoms with Crippen LogP contribution in [-0.2, 0) is 11.2 Å². The van der Waals surface area contributed by atoms with Crippen LogP contribution in [0.4, 0.5) is 0 Å². The minimum Gasteiger partial charge on any atom is -0.489 e. The summed E-state index contributed by atoms with van der Waals surface area (Å²) in [6.45, 7) is 2.71. The predicted octanol–water partition coefficient (Wildman–Crippen LogP) is 5.76. The molecule has 1 atom stereocenters. The SMILES string of the molecule is O=C(NC(Cc1ccc(OC2CC2)c(Cl)c1)CN1CCCC1)C(=O)c1cc2cc(Cl)ccc2s1. The zero-order chi connectivity index (χ0) is 23.7. The Bertz CT molecular complexity index is 1220. The number of amides is 1. The Hall–Kier alpha value is -2.12. The number of carbonyl (C=O) groups is 2. The van der Waals surface area contributed by atoms with Crippen LogP contribution < -0.4 is 10.1 Å². The van der Waals surface area contributed by atoms with E-state index >= 15 is 0 Å². The molecular formula is C26H26Cl2N2O3S. The minimum absolute atomic E-state index is 0.204. The molecule has 5 rings (SSSR count). The normalized spacial score (nSPS) is 17.1. The second-order valence-corrected chi connectivity index (χ2v) is 11.0. The first-order valence-corrected chi connectivity index (χ1v) is 13.2. The molecule has 34 heavy (non-hydrogen) atoms. The van der Waals surface area contributed by atoms with Crippen LogP contribution in [-0.4, -0.2) is 48.4 Å². The van der Waals surface area contributed by atoms with Crippen molar-refractivity contribution in [1.82, 2.24) is 10.2 Å². The van der Waals surface area contributed by atoms with E-state index in [1.54, 1.807) is 18.2 Å². The topological polar surface area (TPSA) is 58.6 Å². The number of halogens is 2. The molecule has 2 heterocycles. The Kier molecular flexibility index (Phi) is 7.11. The molecule has 178 valence electrons. The molecule has 0 radical (unpaired) electrons. The van der Waals surface area contributed by atoms with Crippen molar-refractivity contribution in [3.05, 3.63) is 63.0 Å². The number of benzene rings is 2. The number of fused-ring (bicyclic) bond motifs is 1. The summed E-state index contributed by atoms with van der Waals surface area (Å²) in [6.07, 6.45) is 5.32. The summed E-state index contributed by atoms with van der Waals surface area (Å²) >= 11 is 13.8.